The van der Waals surface area contributed by atoms with E-state index in [4.69, 9.17) is 4.55 Å². The largest absolute Gasteiger partial charge is 0.307 e. The second kappa shape index (κ2) is 7.10. The average molecular weight is 307 g/mol. The van der Waals surface area contributed by atoms with Gasteiger partial charge in [-0.3, -0.25) is 4.55 Å². The normalized spacial score (nSPS) is 15.3. The van der Waals surface area contributed by atoms with Gasteiger partial charge >= 0.3 is 0 Å². The van der Waals surface area contributed by atoms with E-state index in [1.165, 1.54) is 12.1 Å². The number of halogens is 2. The van der Waals surface area contributed by atoms with Crippen LogP contribution in [0.4, 0.5) is 8.78 Å². The second-order valence-corrected chi connectivity index (χ2v) is 6.52. The predicted octanol–water partition coefficient (Wildman–Crippen LogP) is 2.34. The lowest BCUT2D eigenvalue weighted by Crippen LogP contribution is -2.34. The Morgan fingerprint density at radius 2 is 1.80 bits per heavy atom. The Morgan fingerprint density at radius 3 is 2.25 bits per heavy atom. The molecular weight excluding hydrogens is 288 g/mol. The Hall–Kier alpha value is -1.05. The Labute approximate surface area is 117 Å². The molecule has 0 radical (unpaired) electrons. The van der Waals surface area contributed by atoms with Gasteiger partial charge in [-0.05, 0) is 23.6 Å². The molecule has 0 bridgehead atoms. The summed E-state index contributed by atoms with van der Waals surface area (Å²) < 4.78 is 56.0. The molecule has 2 N–H and O–H groups in total. The molecule has 0 spiro atoms. The van der Waals surface area contributed by atoms with Crippen molar-refractivity contribution >= 4 is 10.1 Å². The summed E-state index contributed by atoms with van der Waals surface area (Å²) in [4.78, 5) is 0. The number of hydrogen-bond acceptors (Lipinski definition) is 3. The molecule has 1 rings (SSSR count). The first-order valence-electron chi connectivity index (χ1n) is 6.27. The van der Waals surface area contributed by atoms with Gasteiger partial charge in [-0.2, -0.15) is 8.42 Å². The third kappa shape index (κ3) is 5.94. The maximum Gasteiger partial charge on any atom is 0.267 e. The van der Waals surface area contributed by atoms with Gasteiger partial charge in [0, 0.05) is 12.6 Å². The molecule has 4 nitrogen and oxygen atoms in total. The van der Waals surface area contributed by atoms with Gasteiger partial charge in [-0.25, -0.2) is 8.78 Å². The SMILES string of the molecule is CC(C)C(NCC(F)CS(=O)(=O)O)c1ccc(F)cc1. The zero-order chi connectivity index (χ0) is 15.3. The Bertz CT molecular complexity index is 517. The summed E-state index contributed by atoms with van der Waals surface area (Å²) in [6.45, 7) is 3.62. The summed E-state index contributed by atoms with van der Waals surface area (Å²) in [5.41, 5.74) is 0.792. The first-order valence-corrected chi connectivity index (χ1v) is 7.88. The topological polar surface area (TPSA) is 66.4 Å². The van der Waals surface area contributed by atoms with Crippen LogP contribution in [0, 0.1) is 11.7 Å². The number of nitrogens with one attached hydrogen (secondary N) is 1. The van der Waals surface area contributed by atoms with Crippen LogP contribution in [0.2, 0.25) is 0 Å². The van der Waals surface area contributed by atoms with Crippen LogP contribution >= 0.6 is 0 Å². The zero-order valence-corrected chi connectivity index (χ0v) is 12.2. The summed E-state index contributed by atoms with van der Waals surface area (Å²) >= 11 is 0. The molecule has 7 heteroatoms. The van der Waals surface area contributed by atoms with Crippen LogP contribution in [-0.2, 0) is 10.1 Å². The molecule has 0 aliphatic carbocycles. The number of rotatable bonds is 7. The highest BCUT2D eigenvalue weighted by Gasteiger charge is 2.20. The van der Waals surface area contributed by atoms with E-state index in [9.17, 15) is 17.2 Å². The summed E-state index contributed by atoms with van der Waals surface area (Å²) in [5, 5.41) is 2.90. The van der Waals surface area contributed by atoms with Crippen LogP contribution in [-0.4, -0.2) is 31.4 Å². The van der Waals surface area contributed by atoms with Crippen LogP contribution in [0.3, 0.4) is 0 Å². The fourth-order valence-electron chi connectivity index (χ4n) is 1.95. The monoisotopic (exact) mass is 307 g/mol. The van der Waals surface area contributed by atoms with Gasteiger partial charge in [0.15, 0.2) is 0 Å². The third-order valence-corrected chi connectivity index (χ3v) is 3.63. The van der Waals surface area contributed by atoms with E-state index in [0.717, 1.165) is 5.56 Å². The van der Waals surface area contributed by atoms with Crippen LogP contribution in [0.5, 0.6) is 0 Å². The number of benzene rings is 1. The van der Waals surface area contributed by atoms with E-state index < -0.39 is 22.0 Å². The van der Waals surface area contributed by atoms with Crippen molar-refractivity contribution in [2.75, 3.05) is 12.3 Å². The molecule has 0 fully saturated rings. The molecule has 0 aromatic heterocycles. The molecule has 0 amide bonds. The minimum Gasteiger partial charge on any atom is -0.307 e. The number of hydrogen-bond donors (Lipinski definition) is 2. The molecule has 2 atom stereocenters. The number of alkyl halides is 1. The van der Waals surface area contributed by atoms with Gasteiger partial charge in [0.05, 0.1) is 0 Å². The van der Waals surface area contributed by atoms with Crippen LogP contribution in [0.25, 0.3) is 0 Å². The molecule has 1 aromatic rings. The van der Waals surface area contributed by atoms with Gasteiger partial charge in [0.25, 0.3) is 10.1 Å². The average Bonchev–Trinajstić information content (AvgIpc) is 2.29. The van der Waals surface area contributed by atoms with Crippen molar-refractivity contribution in [2.45, 2.75) is 26.1 Å². The van der Waals surface area contributed by atoms with Gasteiger partial charge < -0.3 is 5.32 Å². The van der Waals surface area contributed by atoms with E-state index in [2.05, 4.69) is 5.32 Å². The van der Waals surface area contributed by atoms with E-state index in [1.807, 2.05) is 13.8 Å². The fourth-order valence-corrected chi connectivity index (χ4v) is 2.53. The smallest absolute Gasteiger partial charge is 0.267 e. The van der Waals surface area contributed by atoms with E-state index >= 15 is 0 Å². The predicted molar refractivity (Wildman–Crippen MR) is 73.3 cm³/mol. The highest BCUT2D eigenvalue weighted by atomic mass is 32.2. The van der Waals surface area contributed by atoms with Gasteiger partial charge in [0.2, 0.25) is 0 Å². The molecular formula is C13H19F2NO3S. The lowest BCUT2D eigenvalue weighted by molar-refractivity contribution is 0.305. The van der Waals surface area contributed by atoms with Crippen molar-refractivity contribution in [3.05, 3.63) is 35.6 Å². The summed E-state index contributed by atoms with van der Waals surface area (Å²) in [6, 6.07) is 5.61. The minimum absolute atomic E-state index is 0.110. The summed E-state index contributed by atoms with van der Waals surface area (Å²) in [6.07, 6.45) is -1.70. The van der Waals surface area contributed by atoms with Gasteiger partial charge in [0.1, 0.15) is 17.7 Å². The maximum atomic E-state index is 13.4. The van der Waals surface area contributed by atoms with E-state index in [0.29, 0.717) is 0 Å². The lowest BCUT2D eigenvalue weighted by atomic mass is 9.96. The van der Waals surface area contributed by atoms with Gasteiger partial charge in [-0.1, -0.05) is 26.0 Å². The quantitative estimate of drug-likeness (QED) is 0.759. The lowest BCUT2D eigenvalue weighted by Gasteiger charge is -2.23. The highest BCUT2D eigenvalue weighted by molar-refractivity contribution is 7.85. The van der Waals surface area contributed by atoms with Crippen molar-refractivity contribution in [3.8, 4) is 0 Å². The Balaban J connectivity index is 2.67. The molecule has 0 aliphatic heterocycles. The van der Waals surface area contributed by atoms with E-state index in [1.54, 1.807) is 12.1 Å². The maximum absolute atomic E-state index is 13.4. The second-order valence-electron chi connectivity index (χ2n) is 5.03. The highest BCUT2D eigenvalue weighted by Crippen LogP contribution is 2.22. The van der Waals surface area contributed by atoms with Crippen molar-refractivity contribution in [3.63, 3.8) is 0 Å². The molecule has 20 heavy (non-hydrogen) atoms. The Morgan fingerprint density at radius 1 is 1.25 bits per heavy atom. The minimum atomic E-state index is -4.33. The van der Waals surface area contributed by atoms with Crippen molar-refractivity contribution in [1.29, 1.82) is 0 Å². The fraction of sp³-hybridized carbons (Fsp3) is 0.538. The molecule has 0 aliphatic rings. The van der Waals surface area contributed by atoms with Crippen molar-refractivity contribution < 1.29 is 21.8 Å². The summed E-state index contributed by atoms with van der Waals surface area (Å²) in [7, 11) is -4.33. The molecule has 2 unspecified atom stereocenters. The van der Waals surface area contributed by atoms with Crippen molar-refractivity contribution in [2.24, 2.45) is 5.92 Å². The third-order valence-electron chi connectivity index (χ3n) is 2.85. The zero-order valence-electron chi connectivity index (χ0n) is 11.4. The Kier molecular flexibility index (Phi) is 6.04. The van der Waals surface area contributed by atoms with Gasteiger partial charge in [-0.15, -0.1) is 0 Å². The molecule has 114 valence electrons. The van der Waals surface area contributed by atoms with Crippen LogP contribution in [0.1, 0.15) is 25.5 Å². The first kappa shape index (κ1) is 17.0. The summed E-state index contributed by atoms with van der Waals surface area (Å²) in [5.74, 6) is -1.18. The van der Waals surface area contributed by atoms with Crippen molar-refractivity contribution in [1.82, 2.24) is 5.32 Å². The molecule has 0 saturated heterocycles. The molecule has 0 saturated carbocycles. The van der Waals surface area contributed by atoms with Crippen LogP contribution in [0.15, 0.2) is 24.3 Å². The van der Waals surface area contributed by atoms with E-state index in [-0.39, 0.29) is 24.3 Å². The first-order chi connectivity index (χ1) is 9.19. The molecule has 1 aromatic carbocycles. The standard InChI is InChI=1S/C13H19F2NO3S/c1-9(2)13(10-3-5-11(14)6-4-10)16-7-12(15)8-20(17,18)19/h3-6,9,12-13,16H,7-8H2,1-2H3,(H,17,18,19). The molecule has 0 heterocycles. The van der Waals surface area contributed by atoms with Crippen LogP contribution < -0.4 is 5.32 Å².